The first kappa shape index (κ1) is 23.5. The van der Waals surface area contributed by atoms with Crippen molar-refractivity contribution in [2.24, 2.45) is 0 Å². The number of hydrogen-bond donors (Lipinski definition) is 2. The van der Waals surface area contributed by atoms with Crippen molar-refractivity contribution in [2.45, 2.75) is 58.9 Å². The van der Waals surface area contributed by atoms with E-state index in [1.165, 1.54) is 17.8 Å². The van der Waals surface area contributed by atoms with Gasteiger partial charge in [0.05, 0.1) is 6.04 Å². The van der Waals surface area contributed by atoms with Crippen LogP contribution < -0.4 is 15.8 Å². The predicted molar refractivity (Wildman–Crippen MR) is 121 cm³/mol. The smallest absolute Gasteiger partial charge is 0.278 e. The zero-order valence-electron chi connectivity index (χ0n) is 19.3. The second-order valence-corrected chi connectivity index (χ2v) is 8.65. The number of hydrogen-bond acceptors (Lipinski definition) is 5. The molecule has 10 heteroatoms. The Morgan fingerprint density at radius 2 is 1.74 bits per heavy atom. The van der Waals surface area contributed by atoms with Crippen LogP contribution in [0.1, 0.15) is 59.2 Å². The van der Waals surface area contributed by atoms with Crippen molar-refractivity contribution < 1.29 is 23.5 Å². The molecule has 2 aliphatic heterocycles. The van der Waals surface area contributed by atoms with Crippen molar-refractivity contribution in [2.75, 3.05) is 5.01 Å². The molecular formula is C24H26F2N4O4. The van der Waals surface area contributed by atoms with Gasteiger partial charge in [-0.25, -0.2) is 8.78 Å². The van der Waals surface area contributed by atoms with Gasteiger partial charge in [-0.15, -0.1) is 0 Å². The van der Waals surface area contributed by atoms with Gasteiger partial charge in [0.1, 0.15) is 23.4 Å². The fourth-order valence-corrected chi connectivity index (χ4v) is 4.63. The number of halogens is 2. The summed E-state index contributed by atoms with van der Waals surface area (Å²) in [5, 5.41) is 14.9. The SMILES string of the molecule is CCC1N2C(=O)c3c(O)c(=O)c(C(=O)NCc4c(F)cc(C)cc4F)cn3N1[C@H](C)C=C[C@@H]2C. The average Bonchev–Trinajstić information content (AvgIpc) is 2.87. The molecule has 0 radical (unpaired) electrons. The number of aryl methyl sites for hydroxylation is 1. The molecule has 2 aliphatic rings. The second kappa shape index (κ2) is 8.58. The lowest BCUT2D eigenvalue weighted by molar-refractivity contribution is 0.0507. The first-order valence-electron chi connectivity index (χ1n) is 11.1. The maximum absolute atomic E-state index is 14.2. The standard InChI is InChI=1S/C24H26F2N4O4/c1-5-19-29-13(3)6-7-14(4)30(19)28-11-16(21(31)22(32)20(28)24(29)34)23(33)27-10-15-17(25)8-12(2)9-18(15)26/h6-9,11,13-14,19,32H,5,10H2,1-4H3,(H,27,33)/t13-,14+,19?/m0/s1. The molecule has 34 heavy (non-hydrogen) atoms. The van der Waals surface area contributed by atoms with Crippen LogP contribution in [0.3, 0.4) is 0 Å². The Bertz CT molecular complexity index is 1250. The lowest BCUT2D eigenvalue weighted by Gasteiger charge is -2.48. The van der Waals surface area contributed by atoms with Crippen LogP contribution in [0, 0.1) is 18.6 Å². The summed E-state index contributed by atoms with van der Waals surface area (Å²) in [7, 11) is 0. The predicted octanol–water partition coefficient (Wildman–Crippen LogP) is 2.55. The third kappa shape index (κ3) is 3.63. The summed E-state index contributed by atoms with van der Waals surface area (Å²) in [5.41, 5.74) is -1.67. The first-order valence-corrected chi connectivity index (χ1v) is 11.1. The van der Waals surface area contributed by atoms with Gasteiger partial charge in [-0.3, -0.25) is 24.1 Å². The highest BCUT2D eigenvalue weighted by Gasteiger charge is 2.43. The monoisotopic (exact) mass is 472 g/mol. The van der Waals surface area contributed by atoms with Crippen molar-refractivity contribution in [1.29, 1.82) is 0 Å². The molecule has 8 nitrogen and oxygen atoms in total. The molecule has 3 heterocycles. The summed E-state index contributed by atoms with van der Waals surface area (Å²) < 4.78 is 29.7. The summed E-state index contributed by atoms with van der Waals surface area (Å²) >= 11 is 0. The van der Waals surface area contributed by atoms with Gasteiger partial charge in [-0.05, 0) is 44.9 Å². The van der Waals surface area contributed by atoms with Gasteiger partial charge in [0.25, 0.3) is 11.8 Å². The van der Waals surface area contributed by atoms with Crippen LogP contribution in [0.25, 0.3) is 0 Å². The van der Waals surface area contributed by atoms with Gasteiger partial charge < -0.3 is 15.3 Å². The molecule has 0 saturated carbocycles. The number of amides is 2. The van der Waals surface area contributed by atoms with Crippen molar-refractivity contribution in [3.05, 3.63) is 74.7 Å². The third-order valence-electron chi connectivity index (χ3n) is 6.32. The van der Waals surface area contributed by atoms with Gasteiger partial charge in [-0.1, -0.05) is 19.1 Å². The number of aromatic hydroxyl groups is 1. The van der Waals surface area contributed by atoms with E-state index in [9.17, 15) is 28.3 Å². The van der Waals surface area contributed by atoms with Crippen LogP contribution in [-0.4, -0.2) is 44.7 Å². The lowest BCUT2D eigenvalue weighted by atomic mass is 10.1. The molecule has 0 aliphatic carbocycles. The Hall–Kier alpha value is -3.69. The van der Waals surface area contributed by atoms with E-state index >= 15 is 0 Å². The molecule has 2 N–H and O–H groups in total. The van der Waals surface area contributed by atoms with Gasteiger partial charge in [0, 0.05) is 24.3 Å². The highest BCUT2D eigenvalue weighted by molar-refractivity contribution is 5.99. The van der Waals surface area contributed by atoms with E-state index in [4.69, 9.17) is 0 Å². The maximum atomic E-state index is 14.2. The molecule has 0 fully saturated rings. The quantitative estimate of drug-likeness (QED) is 0.667. The fourth-order valence-electron chi connectivity index (χ4n) is 4.63. The summed E-state index contributed by atoms with van der Waals surface area (Å²) in [4.78, 5) is 40.6. The minimum absolute atomic E-state index is 0.224. The third-order valence-corrected chi connectivity index (χ3v) is 6.32. The molecule has 2 amide bonds. The molecular weight excluding hydrogens is 446 g/mol. The van der Waals surface area contributed by atoms with Gasteiger partial charge in [0.2, 0.25) is 5.43 Å². The van der Waals surface area contributed by atoms with Crippen LogP contribution in [0.5, 0.6) is 5.75 Å². The summed E-state index contributed by atoms with van der Waals surface area (Å²) in [6, 6.07) is 1.79. The van der Waals surface area contributed by atoms with E-state index in [-0.39, 0.29) is 29.5 Å². The maximum Gasteiger partial charge on any atom is 0.278 e. The van der Waals surface area contributed by atoms with Crippen LogP contribution >= 0.6 is 0 Å². The molecule has 1 aromatic carbocycles. The highest BCUT2D eigenvalue weighted by atomic mass is 19.1. The van der Waals surface area contributed by atoms with E-state index in [1.807, 2.05) is 37.9 Å². The van der Waals surface area contributed by atoms with E-state index < -0.39 is 46.7 Å². The molecule has 4 rings (SSSR count). The minimum Gasteiger partial charge on any atom is -0.502 e. The van der Waals surface area contributed by atoms with Crippen molar-refractivity contribution in [3.63, 3.8) is 0 Å². The van der Waals surface area contributed by atoms with Crippen LogP contribution in [-0.2, 0) is 6.54 Å². The Morgan fingerprint density at radius 3 is 2.35 bits per heavy atom. The number of carbonyl (C=O) groups is 2. The van der Waals surface area contributed by atoms with E-state index in [1.54, 1.807) is 4.90 Å². The zero-order valence-corrected chi connectivity index (χ0v) is 19.3. The van der Waals surface area contributed by atoms with E-state index in [0.717, 1.165) is 12.1 Å². The number of nitrogens with one attached hydrogen (secondary N) is 1. The molecule has 180 valence electrons. The number of pyridine rings is 1. The van der Waals surface area contributed by atoms with Crippen LogP contribution in [0.2, 0.25) is 0 Å². The topological polar surface area (TPSA) is 94.9 Å². The van der Waals surface area contributed by atoms with Gasteiger partial charge in [-0.2, -0.15) is 0 Å². The van der Waals surface area contributed by atoms with Crippen LogP contribution in [0.15, 0.2) is 35.3 Å². The highest BCUT2D eigenvalue weighted by Crippen LogP contribution is 2.31. The zero-order chi connectivity index (χ0) is 24.9. The molecule has 0 saturated heterocycles. The number of aromatic nitrogens is 1. The van der Waals surface area contributed by atoms with E-state index in [2.05, 4.69) is 5.32 Å². The lowest BCUT2D eigenvalue weighted by Crippen LogP contribution is -2.64. The van der Waals surface area contributed by atoms with Crippen molar-refractivity contribution in [1.82, 2.24) is 14.9 Å². The number of fused-ring (bicyclic) bond motifs is 4. The summed E-state index contributed by atoms with van der Waals surface area (Å²) in [5.74, 6) is -3.95. The summed E-state index contributed by atoms with van der Waals surface area (Å²) in [6.07, 6.45) is 5.17. The number of nitrogens with zero attached hydrogens (tertiary/aromatic N) is 3. The van der Waals surface area contributed by atoms with Gasteiger partial charge >= 0.3 is 0 Å². The fraction of sp³-hybridized carbons (Fsp3) is 0.375. The van der Waals surface area contributed by atoms with Gasteiger partial charge in [0.15, 0.2) is 11.4 Å². The first-order chi connectivity index (χ1) is 16.1. The largest absolute Gasteiger partial charge is 0.502 e. The number of rotatable bonds is 4. The second-order valence-electron chi connectivity index (χ2n) is 8.65. The Labute approximate surface area is 195 Å². The molecule has 0 spiro atoms. The summed E-state index contributed by atoms with van der Waals surface area (Å²) in [6.45, 7) is 6.70. The number of benzene rings is 1. The normalized spacial score (nSPS) is 21.4. The van der Waals surface area contributed by atoms with Crippen LogP contribution in [0.4, 0.5) is 8.78 Å². The molecule has 2 bridgehead atoms. The Kier molecular flexibility index (Phi) is 5.93. The molecule has 1 unspecified atom stereocenters. The average molecular weight is 472 g/mol. The molecule has 1 aromatic heterocycles. The molecule has 2 aromatic rings. The Balaban J connectivity index is 1.76. The van der Waals surface area contributed by atoms with E-state index in [0.29, 0.717) is 12.0 Å². The Morgan fingerprint density at radius 1 is 1.12 bits per heavy atom. The molecule has 3 atom stereocenters. The minimum atomic E-state index is -1.04. The van der Waals surface area contributed by atoms with Crippen molar-refractivity contribution in [3.8, 4) is 5.75 Å². The number of carbonyl (C=O) groups excluding carboxylic acids is 2. The van der Waals surface area contributed by atoms with Crippen molar-refractivity contribution >= 4 is 11.8 Å².